The molecule has 156 valence electrons. The molecule has 0 aromatic carbocycles. The second-order valence-electron chi connectivity index (χ2n) is 6.66. The lowest BCUT2D eigenvalue weighted by Gasteiger charge is -2.17. The van der Waals surface area contributed by atoms with Gasteiger partial charge in [0.15, 0.2) is 11.5 Å². The van der Waals surface area contributed by atoms with E-state index in [1.54, 1.807) is 40.4 Å². The normalized spacial score (nSPS) is 14.1. The highest BCUT2D eigenvalue weighted by molar-refractivity contribution is 6.33. The summed E-state index contributed by atoms with van der Waals surface area (Å²) in [6.45, 7) is 4.12. The van der Waals surface area contributed by atoms with Crippen LogP contribution in [-0.4, -0.2) is 25.6 Å². The number of hydrazine groups is 2. The molecular weight excluding hydrogens is 429 g/mol. The van der Waals surface area contributed by atoms with Crippen molar-refractivity contribution in [3.8, 4) is 0 Å². The van der Waals surface area contributed by atoms with Crippen molar-refractivity contribution < 1.29 is 4.79 Å². The summed E-state index contributed by atoms with van der Waals surface area (Å²) in [7, 11) is 0. The van der Waals surface area contributed by atoms with E-state index in [4.69, 9.17) is 23.2 Å². The minimum absolute atomic E-state index is 0.134. The molecule has 0 fully saturated rings. The molecule has 0 saturated carbocycles. The Kier molecular flexibility index (Phi) is 5.62. The number of nitrogens with one attached hydrogen (secondary N) is 4. The molecule has 12 heteroatoms. The van der Waals surface area contributed by atoms with Gasteiger partial charge in [-0.2, -0.15) is 5.10 Å². The van der Waals surface area contributed by atoms with Gasteiger partial charge in [-0.3, -0.25) is 0 Å². The van der Waals surface area contributed by atoms with Crippen LogP contribution in [-0.2, 0) is 0 Å². The number of imidazole rings is 1. The maximum absolute atomic E-state index is 12.6. The van der Waals surface area contributed by atoms with Crippen LogP contribution in [0.3, 0.4) is 0 Å². The molecule has 10 nitrogen and oxygen atoms in total. The van der Waals surface area contributed by atoms with E-state index >= 15 is 0 Å². The second kappa shape index (κ2) is 8.34. The van der Waals surface area contributed by atoms with E-state index in [0.717, 1.165) is 12.0 Å². The molecule has 0 saturated heterocycles. The molecule has 2 amide bonds. The van der Waals surface area contributed by atoms with Crippen LogP contribution in [0.5, 0.6) is 0 Å². The molecule has 3 aromatic heterocycles. The quantitative estimate of drug-likeness (QED) is 0.469. The van der Waals surface area contributed by atoms with Crippen molar-refractivity contribution in [2.75, 3.05) is 15.6 Å². The molecule has 0 radical (unpaired) electrons. The van der Waals surface area contributed by atoms with Gasteiger partial charge < -0.3 is 16.1 Å². The van der Waals surface area contributed by atoms with Crippen molar-refractivity contribution in [1.29, 1.82) is 0 Å². The first-order valence-corrected chi connectivity index (χ1v) is 9.96. The lowest BCUT2D eigenvalue weighted by atomic mass is 9.98. The van der Waals surface area contributed by atoms with Crippen LogP contribution >= 0.6 is 23.2 Å². The standard InChI is InChI=1S/C18H19Cl2N9O/c1-3-10(2)15-13(8-23-29-9-14(20)26-17(15)29)25-18(30)24-11-6-12(19)16(21-7-11)28-5-4-22-27-28/h4-10,22,27H,3H2,1-2H3,(H2,24,25,30). The van der Waals surface area contributed by atoms with Gasteiger partial charge >= 0.3 is 6.03 Å². The Morgan fingerprint density at radius 1 is 1.30 bits per heavy atom. The Balaban J connectivity index is 1.55. The zero-order valence-electron chi connectivity index (χ0n) is 16.1. The van der Waals surface area contributed by atoms with Crippen molar-refractivity contribution in [1.82, 2.24) is 30.5 Å². The van der Waals surface area contributed by atoms with Gasteiger partial charge in [-0.25, -0.2) is 24.3 Å². The highest BCUT2D eigenvalue weighted by atomic mass is 35.5. The number of hydrogen-bond donors (Lipinski definition) is 4. The summed E-state index contributed by atoms with van der Waals surface area (Å²) in [5.41, 5.74) is 8.13. The van der Waals surface area contributed by atoms with Crippen molar-refractivity contribution in [3.63, 3.8) is 0 Å². The van der Waals surface area contributed by atoms with Gasteiger partial charge in [0.1, 0.15) is 5.15 Å². The number of carbonyl (C=O) groups excluding carboxylic acids is 1. The Hall–Kier alpha value is -3.08. The lowest BCUT2D eigenvalue weighted by molar-refractivity contribution is 0.262. The van der Waals surface area contributed by atoms with E-state index in [-0.39, 0.29) is 5.92 Å². The Morgan fingerprint density at radius 3 is 2.83 bits per heavy atom. The topological polar surface area (TPSA) is 112 Å². The number of nitrogens with zero attached hydrogens (tertiary/aromatic N) is 5. The van der Waals surface area contributed by atoms with Crippen LogP contribution in [0, 0.1) is 0 Å². The van der Waals surface area contributed by atoms with Gasteiger partial charge in [0.25, 0.3) is 0 Å². The number of carbonyl (C=O) groups is 1. The number of rotatable bonds is 5. The number of urea groups is 1. The van der Waals surface area contributed by atoms with Gasteiger partial charge in [-0.05, 0) is 18.4 Å². The summed E-state index contributed by atoms with van der Waals surface area (Å²) in [4.78, 5) is 21.2. The third-order valence-electron chi connectivity index (χ3n) is 4.65. The Bertz CT molecular complexity index is 1130. The van der Waals surface area contributed by atoms with Crippen molar-refractivity contribution in [2.24, 2.45) is 0 Å². The number of halogens is 2. The maximum atomic E-state index is 12.6. The molecule has 0 aliphatic carbocycles. The molecule has 4 heterocycles. The summed E-state index contributed by atoms with van der Waals surface area (Å²) in [5, 5.41) is 12.2. The van der Waals surface area contributed by atoms with Gasteiger partial charge in [-0.1, -0.05) is 37.0 Å². The van der Waals surface area contributed by atoms with Crippen molar-refractivity contribution in [3.05, 3.63) is 52.8 Å². The summed E-state index contributed by atoms with van der Waals surface area (Å²) in [5.74, 6) is 0.628. The van der Waals surface area contributed by atoms with Gasteiger partial charge in [0.05, 0.1) is 35.0 Å². The maximum Gasteiger partial charge on any atom is 0.323 e. The molecule has 1 unspecified atom stereocenters. The molecule has 4 rings (SSSR count). The van der Waals surface area contributed by atoms with E-state index in [9.17, 15) is 4.79 Å². The van der Waals surface area contributed by atoms with Gasteiger partial charge in [0.2, 0.25) is 0 Å². The highest BCUT2D eigenvalue weighted by Gasteiger charge is 2.19. The molecule has 1 aliphatic rings. The average molecular weight is 448 g/mol. The van der Waals surface area contributed by atoms with E-state index in [1.807, 2.05) is 0 Å². The molecule has 3 aromatic rings. The third kappa shape index (κ3) is 3.97. The molecular formula is C18H19Cl2N9O. The van der Waals surface area contributed by atoms with E-state index < -0.39 is 6.03 Å². The number of anilines is 3. The van der Waals surface area contributed by atoms with Crippen LogP contribution < -0.4 is 26.6 Å². The lowest BCUT2D eigenvalue weighted by Crippen LogP contribution is -2.36. The molecule has 0 spiro atoms. The zero-order chi connectivity index (χ0) is 21.3. The predicted molar refractivity (Wildman–Crippen MR) is 116 cm³/mol. The molecule has 4 N–H and O–H groups in total. The van der Waals surface area contributed by atoms with Gasteiger partial charge in [0, 0.05) is 18.0 Å². The fourth-order valence-corrected chi connectivity index (χ4v) is 3.48. The van der Waals surface area contributed by atoms with E-state index in [1.165, 1.54) is 6.20 Å². The summed E-state index contributed by atoms with van der Waals surface area (Å²) in [6, 6.07) is 1.16. The fourth-order valence-electron chi connectivity index (χ4n) is 3.05. The molecule has 1 aliphatic heterocycles. The van der Waals surface area contributed by atoms with Crippen LogP contribution in [0.15, 0.2) is 37.1 Å². The number of hydrogen-bond acceptors (Lipinski definition) is 7. The molecule has 30 heavy (non-hydrogen) atoms. The minimum atomic E-state index is -0.449. The SMILES string of the molecule is CCC(C)c1c(NC(=O)Nc2cnc(N3C=CNN3)c(Cl)c2)cnn2cc(Cl)nc12. The number of amides is 2. The first-order chi connectivity index (χ1) is 14.5. The summed E-state index contributed by atoms with van der Waals surface area (Å²) >= 11 is 12.3. The Morgan fingerprint density at radius 2 is 2.13 bits per heavy atom. The smallest absolute Gasteiger partial charge is 0.309 e. The first kappa shape index (κ1) is 20.2. The fraction of sp³-hybridized carbons (Fsp3) is 0.222. The minimum Gasteiger partial charge on any atom is -0.309 e. The van der Waals surface area contributed by atoms with Crippen LogP contribution in [0.4, 0.5) is 22.0 Å². The first-order valence-electron chi connectivity index (χ1n) is 9.20. The van der Waals surface area contributed by atoms with Crippen LogP contribution in [0.2, 0.25) is 10.2 Å². The number of pyridine rings is 1. The van der Waals surface area contributed by atoms with Crippen molar-refractivity contribution in [2.45, 2.75) is 26.2 Å². The molecule has 1 atom stereocenters. The predicted octanol–water partition coefficient (Wildman–Crippen LogP) is 3.89. The highest BCUT2D eigenvalue weighted by Crippen LogP contribution is 2.31. The van der Waals surface area contributed by atoms with E-state index in [0.29, 0.717) is 33.0 Å². The third-order valence-corrected chi connectivity index (χ3v) is 5.11. The number of fused-ring (bicyclic) bond motifs is 1. The second-order valence-corrected chi connectivity index (χ2v) is 7.46. The summed E-state index contributed by atoms with van der Waals surface area (Å²) < 4.78 is 1.60. The van der Waals surface area contributed by atoms with Crippen LogP contribution in [0.25, 0.3) is 5.65 Å². The van der Waals surface area contributed by atoms with Crippen molar-refractivity contribution >= 4 is 52.1 Å². The number of aromatic nitrogens is 4. The summed E-state index contributed by atoms with van der Waals surface area (Å²) in [6.07, 6.45) is 9.01. The van der Waals surface area contributed by atoms with Crippen LogP contribution in [0.1, 0.15) is 31.7 Å². The molecule has 0 bridgehead atoms. The average Bonchev–Trinajstić information content (AvgIpc) is 3.36. The van der Waals surface area contributed by atoms with Gasteiger partial charge in [-0.15, -0.1) is 5.53 Å². The largest absolute Gasteiger partial charge is 0.323 e. The van der Waals surface area contributed by atoms with E-state index in [2.05, 4.69) is 50.5 Å². The Labute approximate surface area is 182 Å². The zero-order valence-corrected chi connectivity index (χ0v) is 17.7. The monoisotopic (exact) mass is 447 g/mol.